The lowest BCUT2D eigenvalue weighted by atomic mass is 10.1. The van der Waals surface area contributed by atoms with Crippen LogP contribution in [-0.4, -0.2) is 23.4 Å². The first-order chi connectivity index (χ1) is 13.6. The van der Waals surface area contributed by atoms with Gasteiger partial charge in [0.05, 0.1) is 10.6 Å². The third-order valence-corrected chi connectivity index (χ3v) is 4.92. The molecule has 0 fully saturated rings. The third kappa shape index (κ3) is 5.56. The number of amides is 1. The van der Waals surface area contributed by atoms with Crippen molar-refractivity contribution in [3.63, 3.8) is 0 Å². The SMILES string of the molecule is NC(=Nc1ccc(CCNC(=O)C=Cc2ccccc2O)cc1)c1cccs1. The van der Waals surface area contributed by atoms with E-state index in [1.165, 1.54) is 6.08 Å². The molecule has 0 bridgehead atoms. The fourth-order valence-corrected chi connectivity index (χ4v) is 3.17. The van der Waals surface area contributed by atoms with Crippen LogP contribution in [0.15, 0.2) is 77.1 Å². The number of carbonyl (C=O) groups excluding carboxylic acids is 1. The minimum Gasteiger partial charge on any atom is -0.507 e. The van der Waals surface area contributed by atoms with Crippen LogP contribution in [0.4, 0.5) is 5.69 Å². The van der Waals surface area contributed by atoms with Gasteiger partial charge in [-0.15, -0.1) is 11.3 Å². The van der Waals surface area contributed by atoms with E-state index in [9.17, 15) is 9.90 Å². The van der Waals surface area contributed by atoms with E-state index in [-0.39, 0.29) is 11.7 Å². The average Bonchev–Trinajstić information content (AvgIpc) is 3.24. The van der Waals surface area contributed by atoms with Crippen LogP contribution in [0.1, 0.15) is 16.0 Å². The molecule has 3 rings (SSSR count). The molecule has 1 heterocycles. The van der Waals surface area contributed by atoms with Crippen molar-refractivity contribution in [2.45, 2.75) is 6.42 Å². The van der Waals surface area contributed by atoms with Crippen molar-refractivity contribution < 1.29 is 9.90 Å². The first-order valence-electron chi connectivity index (χ1n) is 8.83. The molecule has 4 N–H and O–H groups in total. The molecule has 0 aliphatic heterocycles. The third-order valence-electron chi connectivity index (χ3n) is 4.02. The van der Waals surface area contributed by atoms with Gasteiger partial charge in [-0.2, -0.15) is 0 Å². The normalized spacial score (nSPS) is 11.6. The minimum absolute atomic E-state index is 0.147. The Bertz CT molecular complexity index is 977. The van der Waals surface area contributed by atoms with Gasteiger partial charge in [-0.25, -0.2) is 4.99 Å². The number of rotatable bonds is 7. The zero-order chi connectivity index (χ0) is 19.8. The molecular formula is C22H21N3O2S. The lowest BCUT2D eigenvalue weighted by Crippen LogP contribution is -2.23. The number of nitrogens with two attached hydrogens (primary N) is 1. The molecule has 0 radical (unpaired) electrons. The molecule has 0 aliphatic rings. The number of carbonyl (C=O) groups is 1. The summed E-state index contributed by atoms with van der Waals surface area (Å²) in [5.74, 6) is 0.452. The van der Waals surface area contributed by atoms with Gasteiger partial charge in [-0.05, 0) is 47.7 Å². The summed E-state index contributed by atoms with van der Waals surface area (Å²) in [6, 6.07) is 18.5. The maximum absolute atomic E-state index is 11.9. The Labute approximate surface area is 167 Å². The van der Waals surface area contributed by atoms with Crippen molar-refractivity contribution in [2.24, 2.45) is 10.7 Å². The standard InChI is InChI=1S/C22H21N3O2S/c23-22(20-6-3-15-28-20)25-18-10-7-16(8-11-18)13-14-24-21(27)12-9-17-4-1-2-5-19(17)26/h1-12,15,26H,13-14H2,(H2,23,25)(H,24,27). The molecule has 0 saturated heterocycles. The number of hydrogen-bond acceptors (Lipinski definition) is 4. The minimum atomic E-state index is -0.201. The molecule has 6 heteroatoms. The monoisotopic (exact) mass is 391 g/mol. The maximum Gasteiger partial charge on any atom is 0.244 e. The second kappa shape index (κ2) is 9.53. The number of hydrogen-bond donors (Lipinski definition) is 3. The molecule has 0 spiro atoms. The molecule has 1 aromatic heterocycles. The molecule has 5 nitrogen and oxygen atoms in total. The van der Waals surface area contributed by atoms with Crippen molar-refractivity contribution in [2.75, 3.05) is 6.54 Å². The van der Waals surface area contributed by atoms with Crippen LogP contribution in [0.2, 0.25) is 0 Å². The Balaban J connectivity index is 1.48. The Morgan fingerprint density at radius 2 is 1.89 bits per heavy atom. The summed E-state index contributed by atoms with van der Waals surface area (Å²) in [6.07, 6.45) is 3.72. The van der Waals surface area contributed by atoms with E-state index in [1.54, 1.807) is 41.7 Å². The number of amidine groups is 1. The quantitative estimate of drug-likeness (QED) is 0.325. The summed E-state index contributed by atoms with van der Waals surface area (Å²) in [5.41, 5.74) is 8.49. The molecule has 2 aromatic carbocycles. The van der Waals surface area contributed by atoms with Crippen LogP contribution in [0.5, 0.6) is 5.75 Å². The summed E-state index contributed by atoms with van der Waals surface area (Å²) >= 11 is 1.56. The second-order valence-electron chi connectivity index (χ2n) is 6.07. The van der Waals surface area contributed by atoms with E-state index >= 15 is 0 Å². The van der Waals surface area contributed by atoms with Gasteiger partial charge in [0.2, 0.25) is 5.91 Å². The van der Waals surface area contributed by atoms with Crippen molar-refractivity contribution in [3.05, 3.63) is 88.1 Å². The van der Waals surface area contributed by atoms with E-state index in [4.69, 9.17) is 5.73 Å². The number of nitrogens with zero attached hydrogens (tertiary/aromatic N) is 1. The predicted octanol–water partition coefficient (Wildman–Crippen LogP) is 3.86. The summed E-state index contributed by atoms with van der Waals surface area (Å²) in [6.45, 7) is 0.518. The number of phenolic OH excluding ortho intramolecular Hbond substituents is 1. The van der Waals surface area contributed by atoms with Crippen LogP contribution in [-0.2, 0) is 11.2 Å². The largest absolute Gasteiger partial charge is 0.507 e. The van der Waals surface area contributed by atoms with E-state index in [0.29, 0.717) is 24.4 Å². The van der Waals surface area contributed by atoms with E-state index in [2.05, 4.69) is 10.3 Å². The average molecular weight is 391 g/mol. The van der Waals surface area contributed by atoms with Crippen molar-refractivity contribution >= 4 is 34.8 Å². The Hall–Kier alpha value is -3.38. The van der Waals surface area contributed by atoms with Crippen LogP contribution in [0.3, 0.4) is 0 Å². The zero-order valence-corrected chi connectivity index (χ0v) is 16.0. The topological polar surface area (TPSA) is 87.7 Å². The fourth-order valence-electron chi connectivity index (χ4n) is 2.54. The highest BCUT2D eigenvalue weighted by molar-refractivity contribution is 7.12. The van der Waals surface area contributed by atoms with Crippen molar-refractivity contribution in [3.8, 4) is 5.75 Å². The number of para-hydroxylation sites is 1. The van der Waals surface area contributed by atoms with E-state index < -0.39 is 0 Å². The summed E-state index contributed by atoms with van der Waals surface area (Å²) in [7, 11) is 0. The van der Waals surface area contributed by atoms with Crippen molar-refractivity contribution in [1.29, 1.82) is 0 Å². The summed E-state index contributed by atoms with van der Waals surface area (Å²) in [4.78, 5) is 17.3. The van der Waals surface area contributed by atoms with Gasteiger partial charge in [0.1, 0.15) is 11.6 Å². The number of nitrogens with one attached hydrogen (secondary N) is 1. The number of benzene rings is 2. The Kier molecular flexibility index (Phi) is 6.59. The van der Waals surface area contributed by atoms with Gasteiger partial charge in [0.15, 0.2) is 0 Å². The molecule has 0 aliphatic carbocycles. The molecule has 0 saturated carbocycles. The highest BCUT2D eigenvalue weighted by Crippen LogP contribution is 2.17. The van der Waals surface area contributed by atoms with Crippen LogP contribution in [0.25, 0.3) is 6.08 Å². The Morgan fingerprint density at radius 1 is 1.11 bits per heavy atom. The first kappa shape index (κ1) is 19.4. The summed E-state index contributed by atoms with van der Waals surface area (Å²) < 4.78 is 0. The van der Waals surface area contributed by atoms with E-state index in [0.717, 1.165) is 16.1 Å². The number of aromatic hydroxyl groups is 1. The summed E-state index contributed by atoms with van der Waals surface area (Å²) in [5, 5.41) is 14.5. The van der Waals surface area contributed by atoms with E-state index in [1.807, 2.05) is 41.8 Å². The lowest BCUT2D eigenvalue weighted by Gasteiger charge is -2.04. The highest BCUT2D eigenvalue weighted by atomic mass is 32.1. The molecule has 1 amide bonds. The van der Waals surface area contributed by atoms with Crippen LogP contribution >= 0.6 is 11.3 Å². The first-order valence-corrected chi connectivity index (χ1v) is 9.70. The molecule has 3 aromatic rings. The van der Waals surface area contributed by atoms with Gasteiger partial charge < -0.3 is 16.2 Å². The predicted molar refractivity (Wildman–Crippen MR) is 115 cm³/mol. The van der Waals surface area contributed by atoms with Gasteiger partial charge in [-0.3, -0.25) is 4.79 Å². The number of phenols is 1. The second-order valence-corrected chi connectivity index (χ2v) is 7.02. The number of aliphatic imine (C=N–C) groups is 1. The zero-order valence-electron chi connectivity index (χ0n) is 15.2. The maximum atomic E-state index is 11.9. The fraction of sp³-hybridized carbons (Fsp3) is 0.0909. The molecule has 0 atom stereocenters. The molecule has 142 valence electrons. The smallest absolute Gasteiger partial charge is 0.244 e. The molecule has 0 unspecified atom stereocenters. The van der Waals surface area contributed by atoms with Crippen molar-refractivity contribution in [1.82, 2.24) is 5.32 Å². The molecule has 28 heavy (non-hydrogen) atoms. The number of thiophene rings is 1. The Morgan fingerprint density at radius 3 is 2.61 bits per heavy atom. The highest BCUT2D eigenvalue weighted by Gasteiger charge is 2.01. The van der Waals surface area contributed by atoms with Crippen LogP contribution < -0.4 is 11.1 Å². The van der Waals surface area contributed by atoms with Crippen LogP contribution in [0, 0.1) is 0 Å². The van der Waals surface area contributed by atoms with Gasteiger partial charge in [0, 0.05) is 18.2 Å². The van der Waals surface area contributed by atoms with Gasteiger partial charge >= 0.3 is 0 Å². The molecular weight excluding hydrogens is 370 g/mol. The van der Waals surface area contributed by atoms with Gasteiger partial charge in [0.25, 0.3) is 0 Å². The lowest BCUT2D eigenvalue weighted by molar-refractivity contribution is -0.116. The van der Waals surface area contributed by atoms with Gasteiger partial charge in [-0.1, -0.05) is 36.4 Å².